The van der Waals surface area contributed by atoms with E-state index in [1.165, 1.54) is 5.56 Å². The van der Waals surface area contributed by atoms with Crippen LogP contribution < -0.4 is 10.1 Å². The van der Waals surface area contributed by atoms with E-state index in [1.54, 1.807) is 11.8 Å². The summed E-state index contributed by atoms with van der Waals surface area (Å²) in [6, 6.07) is 8.39. The molecule has 1 atom stereocenters. The molecule has 1 saturated heterocycles. The first-order valence-corrected chi connectivity index (χ1v) is 8.67. The molecular weight excluding hydrogens is 316 g/mol. The molecule has 134 valence electrons. The van der Waals surface area contributed by atoms with Crippen molar-refractivity contribution >= 4 is 11.6 Å². The molecule has 2 aromatic rings. The summed E-state index contributed by atoms with van der Waals surface area (Å²) in [5.41, 5.74) is 3.85. The summed E-state index contributed by atoms with van der Waals surface area (Å²) in [6.07, 6.45) is 2.16. The van der Waals surface area contributed by atoms with Crippen LogP contribution in [-0.2, 0) is 11.8 Å². The van der Waals surface area contributed by atoms with Gasteiger partial charge in [0.2, 0.25) is 5.91 Å². The van der Waals surface area contributed by atoms with E-state index in [2.05, 4.69) is 27.4 Å². The van der Waals surface area contributed by atoms with Crippen LogP contribution in [0.1, 0.15) is 35.8 Å². The highest BCUT2D eigenvalue weighted by Gasteiger charge is 2.28. The predicted octanol–water partition coefficient (Wildman–Crippen LogP) is 2.82. The number of nitrogens with zero attached hydrogens (tertiary/aromatic N) is 3. The van der Waals surface area contributed by atoms with Gasteiger partial charge >= 0.3 is 0 Å². The smallest absolute Gasteiger partial charge is 0.238 e. The maximum absolute atomic E-state index is 12.6. The Balaban J connectivity index is 1.69. The van der Waals surface area contributed by atoms with Crippen LogP contribution in [0.15, 0.2) is 24.3 Å². The average Bonchev–Trinajstić information content (AvgIpc) is 3.15. The number of hydrogen-bond donors (Lipinski definition) is 1. The van der Waals surface area contributed by atoms with Crippen LogP contribution in [0.5, 0.6) is 5.75 Å². The van der Waals surface area contributed by atoms with Crippen LogP contribution >= 0.6 is 0 Å². The second-order valence-electron chi connectivity index (χ2n) is 6.62. The number of aryl methyl sites for hydroxylation is 2. The standard InChI is InChI=1S/C19H26N4O2/c1-13-19(14(2)22(3)21-13)20-18(24)12-23-10-6-9-17(23)15-7-5-8-16(11-15)25-4/h5,7-8,11,17H,6,9-10,12H2,1-4H3,(H,20,24). The van der Waals surface area contributed by atoms with Gasteiger partial charge in [-0.25, -0.2) is 0 Å². The SMILES string of the molecule is COc1cccc(C2CCCN2CC(=O)Nc2c(C)nn(C)c2C)c1. The first-order valence-electron chi connectivity index (χ1n) is 8.67. The monoisotopic (exact) mass is 342 g/mol. The molecule has 6 heteroatoms. The van der Waals surface area contributed by atoms with Crippen molar-refractivity contribution in [3.63, 3.8) is 0 Å². The first kappa shape index (κ1) is 17.5. The van der Waals surface area contributed by atoms with E-state index in [0.29, 0.717) is 6.54 Å². The van der Waals surface area contributed by atoms with Crippen molar-refractivity contribution in [1.82, 2.24) is 14.7 Å². The van der Waals surface area contributed by atoms with Gasteiger partial charge in [0, 0.05) is 13.1 Å². The fraction of sp³-hybridized carbons (Fsp3) is 0.474. The molecule has 1 amide bonds. The zero-order valence-electron chi connectivity index (χ0n) is 15.4. The zero-order chi connectivity index (χ0) is 18.0. The number of ether oxygens (including phenoxy) is 1. The maximum Gasteiger partial charge on any atom is 0.238 e. The molecular formula is C19H26N4O2. The third kappa shape index (κ3) is 3.69. The number of likely N-dealkylation sites (tertiary alicyclic amines) is 1. The number of carbonyl (C=O) groups excluding carboxylic acids is 1. The van der Waals surface area contributed by atoms with Crippen molar-refractivity contribution in [2.24, 2.45) is 7.05 Å². The molecule has 1 unspecified atom stereocenters. The molecule has 1 N–H and O–H groups in total. The van der Waals surface area contributed by atoms with Crippen molar-refractivity contribution in [1.29, 1.82) is 0 Å². The number of methoxy groups -OCH3 is 1. The van der Waals surface area contributed by atoms with Gasteiger partial charge in [0.25, 0.3) is 0 Å². The van der Waals surface area contributed by atoms with Gasteiger partial charge in [0.15, 0.2) is 0 Å². The zero-order valence-corrected chi connectivity index (χ0v) is 15.4. The molecule has 0 saturated carbocycles. The van der Waals surface area contributed by atoms with E-state index in [-0.39, 0.29) is 11.9 Å². The lowest BCUT2D eigenvalue weighted by atomic mass is 10.0. The van der Waals surface area contributed by atoms with Crippen LogP contribution in [0.4, 0.5) is 5.69 Å². The lowest BCUT2D eigenvalue weighted by Crippen LogP contribution is -2.33. The highest BCUT2D eigenvalue weighted by Crippen LogP contribution is 2.33. The van der Waals surface area contributed by atoms with Crippen LogP contribution in [-0.4, -0.2) is 40.8 Å². The summed E-state index contributed by atoms with van der Waals surface area (Å²) in [6.45, 7) is 5.19. The Labute approximate surface area is 148 Å². The normalized spacial score (nSPS) is 17.7. The number of hydrogen-bond acceptors (Lipinski definition) is 4. The van der Waals surface area contributed by atoms with E-state index in [4.69, 9.17) is 4.74 Å². The Morgan fingerprint density at radius 1 is 1.40 bits per heavy atom. The Kier molecular flexibility index (Phi) is 5.08. The van der Waals surface area contributed by atoms with E-state index in [9.17, 15) is 4.79 Å². The quantitative estimate of drug-likeness (QED) is 0.908. The molecule has 2 heterocycles. The number of benzene rings is 1. The number of aromatic nitrogens is 2. The average molecular weight is 342 g/mol. The van der Waals surface area contributed by atoms with Gasteiger partial charge in [-0.3, -0.25) is 14.4 Å². The summed E-state index contributed by atoms with van der Waals surface area (Å²) in [4.78, 5) is 14.8. The Morgan fingerprint density at radius 2 is 2.20 bits per heavy atom. The van der Waals surface area contributed by atoms with E-state index < -0.39 is 0 Å². The van der Waals surface area contributed by atoms with Crippen molar-refractivity contribution in [2.45, 2.75) is 32.7 Å². The number of amides is 1. The largest absolute Gasteiger partial charge is 0.497 e. The number of carbonyl (C=O) groups is 1. The Morgan fingerprint density at radius 3 is 2.88 bits per heavy atom. The second kappa shape index (κ2) is 7.27. The van der Waals surface area contributed by atoms with E-state index in [0.717, 1.165) is 42.2 Å². The van der Waals surface area contributed by atoms with Crippen LogP contribution in [0.3, 0.4) is 0 Å². The molecule has 0 bridgehead atoms. The summed E-state index contributed by atoms with van der Waals surface area (Å²) in [5.74, 6) is 0.865. The van der Waals surface area contributed by atoms with Crippen LogP contribution in [0, 0.1) is 13.8 Å². The lowest BCUT2D eigenvalue weighted by Gasteiger charge is -2.24. The highest BCUT2D eigenvalue weighted by atomic mass is 16.5. The van der Waals surface area contributed by atoms with Crippen LogP contribution in [0.2, 0.25) is 0 Å². The van der Waals surface area contributed by atoms with E-state index >= 15 is 0 Å². The van der Waals surface area contributed by atoms with Gasteiger partial charge < -0.3 is 10.1 Å². The third-order valence-corrected chi connectivity index (χ3v) is 4.96. The second-order valence-corrected chi connectivity index (χ2v) is 6.62. The maximum atomic E-state index is 12.6. The minimum absolute atomic E-state index is 0.00833. The highest BCUT2D eigenvalue weighted by molar-refractivity contribution is 5.93. The van der Waals surface area contributed by atoms with Crippen LogP contribution in [0.25, 0.3) is 0 Å². The fourth-order valence-corrected chi connectivity index (χ4v) is 3.56. The number of anilines is 1. The minimum Gasteiger partial charge on any atom is -0.497 e. The summed E-state index contributed by atoms with van der Waals surface area (Å²) < 4.78 is 7.12. The first-order chi connectivity index (χ1) is 12.0. The molecule has 3 rings (SSSR count). The van der Waals surface area contributed by atoms with Gasteiger partial charge in [-0.15, -0.1) is 0 Å². The summed E-state index contributed by atoms with van der Waals surface area (Å²) in [7, 11) is 3.56. The van der Waals surface area contributed by atoms with Gasteiger partial charge in [-0.2, -0.15) is 5.10 Å². The Bertz CT molecular complexity index is 769. The number of rotatable bonds is 5. The summed E-state index contributed by atoms with van der Waals surface area (Å²) in [5, 5.41) is 7.38. The van der Waals surface area contributed by atoms with Crippen molar-refractivity contribution in [2.75, 3.05) is 25.5 Å². The van der Waals surface area contributed by atoms with Crippen molar-refractivity contribution in [3.8, 4) is 5.75 Å². The van der Waals surface area contributed by atoms with Crippen molar-refractivity contribution in [3.05, 3.63) is 41.2 Å². The predicted molar refractivity (Wildman–Crippen MR) is 97.9 cm³/mol. The molecule has 25 heavy (non-hydrogen) atoms. The molecule has 1 fully saturated rings. The van der Waals surface area contributed by atoms with Gasteiger partial charge in [0.1, 0.15) is 5.75 Å². The number of nitrogens with one attached hydrogen (secondary N) is 1. The van der Waals surface area contributed by atoms with Gasteiger partial charge in [-0.05, 0) is 50.9 Å². The molecule has 1 aliphatic heterocycles. The minimum atomic E-state index is 0.00833. The summed E-state index contributed by atoms with van der Waals surface area (Å²) >= 11 is 0. The molecule has 6 nitrogen and oxygen atoms in total. The molecule has 0 radical (unpaired) electrons. The van der Waals surface area contributed by atoms with Gasteiger partial charge in [-0.1, -0.05) is 12.1 Å². The molecule has 0 spiro atoms. The lowest BCUT2D eigenvalue weighted by molar-refractivity contribution is -0.117. The Hall–Kier alpha value is -2.34. The third-order valence-electron chi connectivity index (χ3n) is 4.96. The van der Waals surface area contributed by atoms with Gasteiger partial charge in [0.05, 0.1) is 30.7 Å². The fourth-order valence-electron chi connectivity index (χ4n) is 3.56. The molecule has 1 aromatic carbocycles. The topological polar surface area (TPSA) is 59.4 Å². The molecule has 0 aliphatic carbocycles. The molecule has 1 aliphatic rings. The van der Waals surface area contributed by atoms with Crippen molar-refractivity contribution < 1.29 is 9.53 Å². The molecule has 1 aromatic heterocycles. The van der Waals surface area contributed by atoms with E-state index in [1.807, 2.05) is 33.0 Å².